The quantitative estimate of drug-likeness (QED) is 0.763. The maximum Gasteiger partial charge on any atom is 0.243 e. The molecule has 1 heterocycles. The molecule has 0 unspecified atom stereocenters. The number of aryl methyl sites for hydroxylation is 2. The van der Waals surface area contributed by atoms with Gasteiger partial charge in [0.2, 0.25) is 10.0 Å². The Balaban J connectivity index is 1.62. The van der Waals surface area contributed by atoms with Gasteiger partial charge in [-0.15, -0.1) is 0 Å². The van der Waals surface area contributed by atoms with Crippen molar-refractivity contribution in [3.05, 3.63) is 58.6 Å². The molecule has 8 heteroatoms. The van der Waals surface area contributed by atoms with Gasteiger partial charge in [-0.05, 0) is 73.6 Å². The molecule has 0 aliphatic carbocycles. The van der Waals surface area contributed by atoms with E-state index in [1.54, 1.807) is 12.1 Å². The number of halogens is 1. The van der Waals surface area contributed by atoms with Crippen molar-refractivity contribution < 1.29 is 8.42 Å². The second-order valence-corrected chi connectivity index (χ2v) is 9.41. The summed E-state index contributed by atoms with van der Waals surface area (Å²) in [6.07, 6.45) is 0. The Bertz CT molecular complexity index is 918. The van der Waals surface area contributed by atoms with E-state index >= 15 is 0 Å². The smallest absolute Gasteiger partial charge is 0.243 e. The Hall–Kier alpha value is -1.67. The van der Waals surface area contributed by atoms with Gasteiger partial charge in [0.05, 0.1) is 4.90 Å². The SMILES string of the molecule is Cc1cc(C)cc(NC(=S)N2CCN(S(=O)(=O)c3ccc(Cl)cc3)CC2)c1. The van der Waals surface area contributed by atoms with Crippen LogP contribution in [0.3, 0.4) is 0 Å². The van der Waals surface area contributed by atoms with Crippen molar-refractivity contribution in [1.82, 2.24) is 9.21 Å². The van der Waals surface area contributed by atoms with Gasteiger partial charge in [-0.1, -0.05) is 17.7 Å². The maximum atomic E-state index is 12.8. The molecule has 2 aromatic rings. The van der Waals surface area contributed by atoms with Crippen LogP contribution in [0.4, 0.5) is 5.69 Å². The first-order chi connectivity index (χ1) is 12.8. The Morgan fingerprint density at radius 1 is 1.00 bits per heavy atom. The summed E-state index contributed by atoms with van der Waals surface area (Å²) in [5.74, 6) is 0. The highest BCUT2D eigenvalue weighted by molar-refractivity contribution is 7.89. The molecule has 0 spiro atoms. The fourth-order valence-electron chi connectivity index (χ4n) is 3.14. The van der Waals surface area contributed by atoms with Crippen molar-refractivity contribution in [2.45, 2.75) is 18.7 Å². The molecular weight excluding hydrogens is 402 g/mol. The summed E-state index contributed by atoms with van der Waals surface area (Å²) in [7, 11) is -3.51. The number of benzene rings is 2. The number of hydrogen-bond acceptors (Lipinski definition) is 3. The fraction of sp³-hybridized carbons (Fsp3) is 0.316. The van der Waals surface area contributed by atoms with Crippen LogP contribution >= 0.6 is 23.8 Å². The van der Waals surface area contributed by atoms with Gasteiger partial charge in [0.15, 0.2) is 5.11 Å². The molecule has 1 saturated heterocycles. The normalized spacial score (nSPS) is 15.6. The Morgan fingerprint density at radius 3 is 2.11 bits per heavy atom. The summed E-state index contributed by atoms with van der Waals surface area (Å²) in [6.45, 7) is 5.95. The maximum absolute atomic E-state index is 12.8. The highest BCUT2D eigenvalue weighted by atomic mass is 35.5. The molecule has 1 aliphatic heterocycles. The topological polar surface area (TPSA) is 52.6 Å². The minimum Gasteiger partial charge on any atom is -0.346 e. The zero-order chi connectivity index (χ0) is 19.6. The molecule has 144 valence electrons. The van der Waals surface area contributed by atoms with E-state index in [-0.39, 0.29) is 4.90 Å². The summed E-state index contributed by atoms with van der Waals surface area (Å²) in [6, 6.07) is 12.4. The van der Waals surface area contributed by atoms with E-state index in [4.69, 9.17) is 23.8 Å². The number of nitrogens with one attached hydrogen (secondary N) is 1. The number of piperazine rings is 1. The summed E-state index contributed by atoms with van der Waals surface area (Å²) in [4.78, 5) is 2.26. The van der Waals surface area contributed by atoms with Crippen LogP contribution in [-0.4, -0.2) is 48.9 Å². The highest BCUT2D eigenvalue weighted by Crippen LogP contribution is 2.20. The first-order valence-corrected chi connectivity index (χ1v) is 10.9. The molecule has 0 atom stereocenters. The highest BCUT2D eigenvalue weighted by Gasteiger charge is 2.29. The molecule has 2 aromatic carbocycles. The number of sulfonamides is 1. The molecule has 0 aromatic heterocycles. The van der Waals surface area contributed by atoms with Gasteiger partial charge in [-0.25, -0.2) is 8.42 Å². The predicted molar refractivity (Wildman–Crippen MR) is 114 cm³/mol. The van der Waals surface area contributed by atoms with Crippen molar-refractivity contribution >= 4 is 44.6 Å². The predicted octanol–water partition coefficient (Wildman–Crippen LogP) is 3.66. The third kappa shape index (κ3) is 4.79. The Morgan fingerprint density at radius 2 is 1.56 bits per heavy atom. The molecule has 0 bridgehead atoms. The Kier molecular flexibility index (Phi) is 6.05. The average Bonchev–Trinajstić information content (AvgIpc) is 2.61. The molecule has 0 saturated carbocycles. The van der Waals surface area contributed by atoms with Gasteiger partial charge in [0.1, 0.15) is 0 Å². The molecule has 1 aliphatic rings. The molecule has 0 amide bonds. The minimum absolute atomic E-state index is 0.260. The zero-order valence-electron chi connectivity index (χ0n) is 15.3. The standard InChI is InChI=1S/C19H22ClN3O2S2/c1-14-11-15(2)13-17(12-14)21-19(26)22-7-9-23(10-8-22)27(24,25)18-5-3-16(20)4-6-18/h3-6,11-13H,7-10H2,1-2H3,(H,21,26). The monoisotopic (exact) mass is 423 g/mol. The van der Waals surface area contributed by atoms with Crippen LogP contribution in [0.25, 0.3) is 0 Å². The number of anilines is 1. The van der Waals surface area contributed by atoms with E-state index in [2.05, 4.69) is 11.4 Å². The van der Waals surface area contributed by atoms with Crippen LogP contribution in [0, 0.1) is 13.8 Å². The number of rotatable bonds is 3. The van der Waals surface area contributed by atoms with Gasteiger partial charge in [0, 0.05) is 36.9 Å². The van der Waals surface area contributed by atoms with Gasteiger partial charge in [-0.2, -0.15) is 4.31 Å². The number of hydrogen-bond donors (Lipinski definition) is 1. The Labute approximate surface area is 171 Å². The average molecular weight is 424 g/mol. The third-order valence-electron chi connectivity index (χ3n) is 4.45. The van der Waals surface area contributed by atoms with E-state index in [1.165, 1.54) is 27.6 Å². The van der Waals surface area contributed by atoms with E-state index in [0.29, 0.717) is 36.3 Å². The van der Waals surface area contributed by atoms with Crippen LogP contribution in [0.2, 0.25) is 5.02 Å². The summed E-state index contributed by atoms with van der Waals surface area (Å²) in [5, 5.41) is 4.39. The molecule has 3 rings (SSSR count). The van der Waals surface area contributed by atoms with Gasteiger partial charge >= 0.3 is 0 Å². The lowest BCUT2D eigenvalue weighted by Crippen LogP contribution is -2.51. The second-order valence-electron chi connectivity index (χ2n) is 6.65. The molecule has 27 heavy (non-hydrogen) atoms. The first-order valence-electron chi connectivity index (χ1n) is 8.66. The lowest BCUT2D eigenvalue weighted by atomic mass is 10.1. The van der Waals surface area contributed by atoms with Gasteiger partial charge < -0.3 is 10.2 Å². The van der Waals surface area contributed by atoms with E-state index in [9.17, 15) is 8.42 Å². The van der Waals surface area contributed by atoms with Gasteiger partial charge in [0.25, 0.3) is 0 Å². The number of thiocarbonyl (C=S) groups is 1. The van der Waals surface area contributed by atoms with E-state index < -0.39 is 10.0 Å². The van der Waals surface area contributed by atoms with Crippen LogP contribution in [0.5, 0.6) is 0 Å². The first kappa shape index (κ1) is 20.1. The summed E-state index contributed by atoms with van der Waals surface area (Å²) in [5.41, 5.74) is 3.28. The molecule has 1 fully saturated rings. The minimum atomic E-state index is -3.51. The molecular formula is C19H22ClN3O2S2. The van der Waals surface area contributed by atoms with Crippen molar-refractivity contribution in [2.75, 3.05) is 31.5 Å². The lowest BCUT2D eigenvalue weighted by Gasteiger charge is -2.35. The molecule has 1 N–H and O–H groups in total. The van der Waals surface area contributed by atoms with Crippen molar-refractivity contribution in [2.24, 2.45) is 0 Å². The lowest BCUT2D eigenvalue weighted by molar-refractivity contribution is 0.268. The summed E-state index contributed by atoms with van der Waals surface area (Å²) >= 11 is 11.4. The van der Waals surface area contributed by atoms with Crippen molar-refractivity contribution in [1.29, 1.82) is 0 Å². The second kappa shape index (κ2) is 8.14. The van der Waals surface area contributed by atoms with Gasteiger partial charge in [-0.3, -0.25) is 0 Å². The van der Waals surface area contributed by atoms with Crippen LogP contribution < -0.4 is 5.32 Å². The zero-order valence-corrected chi connectivity index (χ0v) is 17.7. The van der Waals surface area contributed by atoms with E-state index in [1.807, 2.05) is 30.9 Å². The number of nitrogens with zero attached hydrogens (tertiary/aromatic N) is 2. The van der Waals surface area contributed by atoms with E-state index in [0.717, 1.165) is 5.69 Å². The summed E-state index contributed by atoms with van der Waals surface area (Å²) < 4.78 is 27.0. The van der Waals surface area contributed by atoms with Crippen LogP contribution in [-0.2, 0) is 10.0 Å². The largest absolute Gasteiger partial charge is 0.346 e. The van der Waals surface area contributed by atoms with Crippen molar-refractivity contribution in [3.63, 3.8) is 0 Å². The van der Waals surface area contributed by atoms with Crippen LogP contribution in [0.1, 0.15) is 11.1 Å². The van der Waals surface area contributed by atoms with Crippen LogP contribution in [0.15, 0.2) is 47.4 Å². The molecule has 5 nitrogen and oxygen atoms in total. The fourth-order valence-corrected chi connectivity index (χ4v) is 4.99. The molecule has 0 radical (unpaired) electrons. The van der Waals surface area contributed by atoms with Crippen molar-refractivity contribution in [3.8, 4) is 0 Å². The third-order valence-corrected chi connectivity index (χ3v) is 6.98.